The molecule has 0 aliphatic rings. The fourth-order valence-corrected chi connectivity index (χ4v) is 8.78. The summed E-state index contributed by atoms with van der Waals surface area (Å²) in [7, 11) is -0.0626. The van der Waals surface area contributed by atoms with Crippen molar-refractivity contribution in [3.05, 3.63) is 66.2 Å². The minimum Gasteiger partial charge on any atom is -0.0669 e. The molecule has 0 saturated carbocycles. The Balaban J connectivity index is 1.88. The zero-order chi connectivity index (χ0) is 14.8. The summed E-state index contributed by atoms with van der Waals surface area (Å²) in [6.07, 6.45) is 5.70. The lowest BCUT2D eigenvalue weighted by Gasteiger charge is -2.16. The van der Waals surface area contributed by atoms with Gasteiger partial charge < -0.3 is 0 Å². The molecule has 2 rings (SSSR count). The van der Waals surface area contributed by atoms with Gasteiger partial charge in [-0.1, -0.05) is 109 Å². The van der Waals surface area contributed by atoms with Gasteiger partial charge in [0.05, 0.1) is 9.52 Å². The van der Waals surface area contributed by atoms with E-state index < -0.39 is 0 Å². The van der Waals surface area contributed by atoms with Crippen LogP contribution in [0.25, 0.3) is 0 Å². The summed E-state index contributed by atoms with van der Waals surface area (Å²) in [4.78, 5) is 0. The van der Waals surface area contributed by atoms with Gasteiger partial charge in [-0.15, -0.1) is 0 Å². The van der Waals surface area contributed by atoms with Crippen LogP contribution in [-0.4, -0.2) is 19.0 Å². The summed E-state index contributed by atoms with van der Waals surface area (Å²) in [5.74, 6) is 0. The molecular formula is C19H28Si2. The molecule has 2 heteroatoms. The predicted octanol–water partition coefficient (Wildman–Crippen LogP) is 3.18. The second-order valence-corrected chi connectivity index (χ2v) is 11.8. The van der Waals surface area contributed by atoms with Crippen LogP contribution < -0.4 is 5.19 Å². The van der Waals surface area contributed by atoms with E-state index >= 15 is 0 Å². The van der Waals surface area contributed by atoms with Crippen molar-refractivity contribution in [1.82, 2.24) is 0 Å². The van der Waals surface area contributed by atoms with E-state index in [9.17, 15) is 0 Å². The van der Waals surface area contributed by atoms with Crippen LogP contribution in [0.1, 0.15) is 38.2 Å². The van der Waals surface area contributed by atoms with Gasteiger partial charge in [0.15, 0.2) is 0 Å². The first-order valence-corrected chi connectivity index (χ1v) is 11.8. The molecule has 0 aliphatic carbocycles. The summed E-state index contributed by atoms with van der Waals surface area (Å²) in [5.41, 5.74) is 1.56. The van der Waals surface area contributed by atoms with Crippen molar-refractivity contribution in [2.24, 2.45) is 0 Å². The molecule has 2 aromatic carbocycles. The molecule has 0 radical (unpaired) electrons. The Morgan fingerprint density at radius 1 is 0.857 bits per heavy atom. The molecule has 0 amide bonds. The van der Waals surface area contributed by atoms with Gasteiger partial charge in [-0.25, -0.2) is 0 Å². The summed E-state index contributed by atoms with van der Waals surface area (Å²) < 4.78 is 0. The van der Waals surface area contributed by atoms with Crippen molar-refractivity contribution < 1.29 is 0 Å². The summed E-state index contributed by atoms with van der Waals surface area (Å²) >= 11 is 0. The van der Waals surface area contributed by atoms with Crippen molar-refractivity contribution in [3.8, 4) is 0 Å². The standard InChI is InChI=1S/C19H28Si2/c1-2-3-6-15-19(21-18-13-9-5-10-14-18)20-16-17-11-7-4-8-12-17/h4-5,7-14,19H,2-3,6,15-16,20-21H2,1H3/t19-/m1/s1. The van der Waals surface area contributed by atoms with Crippen molar-refractivity contribution in [3.63, 3.8) is 0 Å². The summed E-state index contributed by atoms with van der Waals surface area (Å²) in [5, 5.41) is 2.76. The summed E-state index contributed by atoms with van der Waals surface area (Å²) in [6, 6.07) is 23.8. The summed E-state index contributed by atoms with van der Waals surface area (Å²) in [6.45, 7) is 2.31. The van der Waals surface area contributed by atoms with Crippen molar-refractivity contribution in [2.45, 2.75) is 43.8 Å². The number of rotatable bonds is 9. The highest BCUT2D eigenvalue weighted by Crippen LogP contribution is 2.15. The van der Waals surface area contributed by atoms with Crippen LogP contribution in [-0.2, 0) is 6.04 Å². The van der Waals surface area contributed by atoms with E-state index in [1.54, 1.807) is 10.8 Å². The van der Waals surface area contributed by atoms with Crippen LogP contribution in [0.5, 0.6) is 0 Å². The molecule has 21 heavy (non-hydrogen) atoms. The van der Waals surface area contributed by atoms with E-state index in [-0.39, 0.29) is 19.0 Å². The predicted molar refractivity (Wildman–Crippen MR) is 101 cm³/mol. The Labute approximate surface area is 134 Å². The first kappa shape index (κ1) is 16.2. The first-order chi connectivity index (χ1) is 10.4. The molecule has 0 bridgehead atoms. The van der Waals surface area contributed by atoms with Crippen LogP contribution >= 0.6 is 0 Å². The highest BCUT2D eigenvalue weighted by molar-refractivity contribution is 6.67. The Hall–Kier alpha value is -1.13. The van der Waals surface area contributed by atoms with Crippen LogP contribution in [0, 0.1) is 0 Å². The highest BCUT2D eigenvalue weighted by atomic mass is 28.3. The smallest absolute Gasteiger partial charge is 0.0547 e. The quantitative estimate of drug-likeness (QED) is 0.493. The fraction of sp³-hybridized carbons (Fsp3) is 0.368. The van der Waals surface area contributed by atoms with E-state index in [2.05, 4.69) is 67.6 Å². The van der Waals surface area contributed by atoms with Gasteiger partial charge in [0.25, 0.3) is 0 Å². The highest BCUT2D eigenvalue weighted by Gasteiger charge is 2.11. The molecule has 0 heterocycles. The normalized spacial score (nSPS) is 13.4. The Morgan fingerprint density at radius 3 is 2.19 bits per heavy atom. The first-order valence-electron chi connectivity index (χ1n) is 8.46. The average Bonchev–Trinajstić information content (AvgIpc) is 2.54. The third-order valence-electron chi connectivity index (χ3n) is 4.27. The van der Waals surface area contributed by atoms with E-state index in [1.165, 1.54) is 31.7 Å². The molecule has 0 fully saturated rings. The number of benzene rings is 2. The second-order valence-electron chi connectivity index (χ2n) is 6.08. The number of hydrogen-bond acceptors (Lipinski definition) is 0. The van der Waals surface area contributed by atoms with Crippen molar-refractivity contribution in [1.29, 1.82) is 0 Å². The third kappa shape index (κ3) is 6.45. The Morgan fingerprint density at radius 2 is 1.52 bits per heavy atom. The van der Waals surface area contributed by atoms with E-state index in [0.29, 0.717) is 0 Å². The van der Waals surface area contributed by atoms with Crippen molar-refractivity contribution in [2.75, 3.05) is 0 Å². The average molecular weight is 313 g/mol. The third-order valence-corrected chi connectivity index (χ3v) is 10.4. The largest absolute Gasteiger partial charge is 0.0669 e. The molecule has 112 valence electrons. The Bertz CT molecular complexity index is 481. The van der Waals surface area contributed by atoms with Gasteiger partial charge in [-0.05, 0) is 6.04 Å². The van der Waals surface area contributed by atoms with Gasteiger partial charge in [-0.3, -0.25) is 0 Å². The molecule has 0 spiro atoms. The van der Waals surface area contributed by atoms with Gasteiger partial charge in [0.2, 0.25) is 0 Å². The lowest BCUT2D eigenvalue weighted by Crippen LogP contribution is -2.24. The number of hydrogen-bond donors (Lipinski definition) is 0. The molecule has 2 aromatic rings. The van der Waals surface area contributed by atoms with E-state index in [4.69, 9.17) is 0 Å². The zero-order valence-corrected chi connectivity index (χ0v) is 16.1. The van der Waals surface area contributed by atoms with E-state index in [0.717, 1.165) is 5.16 Å². The molecule has 0 aliphatic heterocycles. The molecule has 0 unspecified atom stereocenters. The monoisotopic (exact) mass is 312 g/mol. The van der Waals surface area contributed by atoms with Crippen LogP contribution in [0.3, 0.4) is 0 Å². The van der Waals surface area contributed by atoms with Gasteiger partial charge in [0.1, 0.15) is 0 Å². The Kier molecular flexibility index (Phi) is 7.54. The molecule has 0 saturated heterocycles. The van der Waals surface area contributed by atoms with Crippen LogP contribution in [0.2, 0.25) is 5.16 Å². The van der Waals surface area contributed by atoms with Gasteiger partial charge in [0, 0.05) is 9.52 Å². The zero-order valence-electron chi connectivity index (χ0n) is 13.3. The molecule has 0 aromatic heterocycles. The van der Waals surface area contributed by atoms with E-state index in [1.807, 2.05) is 0 Å². The lowest BCUT2D eigenvalue weighted by molar-refractivity contribution is 0.685. The lowest BCUT2D eigenvalue weighted by atomic mass is 10.2. The van der Waals surface area contributed by atoms with Crippen molar-refractivity contribution >= 4 is 24.2 Å². The maximum Gasteiger partial charge on any atom is 0.0547 e. The molecular weight excluding hydrogens is 284 g/mol. The molecule has 1 atom stereocenters. The SMILES string of the molecule is CCCCC[C@H]([SiH2]Cc1ccccc1)[SiH2]c1ccccc1. The topological polar surface area (TPSA) is 0 Å². The minimum absolute atomic E-state index is 0.0170. The number of unbranched alkanes of at least 4 members (excludes halogenated alkanes) is 2. The van der Waals surface area contributed by atoms with Gasteiger partial charge >= 0.3 is 0 Å². The maximum absolute atomic E-state index is 2.36. The van der Waals surface area contributed by atoms with Crippen LogP contribution in [0.15, 0.2) is 60.7 Å². The maximum atomic E-state index is 2.36. The van der Waals surface area contributed by atoms with Gasteiger partial charge in [-0.2, -0.15) is 0 Å². The second kappa shape index (κ2) is 9.75. The molecule has 0 nitrogen and oxygen atoms in total. The van der Waals surface area contributed by atoms with Crippen LogP contribution in [0.4, 0.5) is 0 Å². The fourth-order valence-electron chi connectivity index (χ4n) is 2.99. The minimum atomic E-state index is -0.0795. The molecule has 0 N–H and O–H groups in total.